The van der Waals surface area contributed by atoms with E-state index < -0.39 is 5.97 Å². The van der Waals surface area contributed by atoms with Crippen LogP contribution in [0, 0.1) is 0 Å². The smallest absolute Gasteiger partial charge is 0.303 e. The van der Waals surface area contributed by atoms with Gasteiger partial charge in [-0.3, -0.25) is 4.79 Å². The summed E-state index contributed by atoms with van der Waals surface area (Å²) in [5.74, 6) is -0.671. The fourth-order valence-corrected chi connectivity index (χ4v) is 2.54. The summed E-state index contributed by atoms with van der Waals surface area (Å²) in [4.78, 5) is 10.3. The van der Waals surface area contributed by atoms with Gasteiger partial charge in [0.25, 0.3) is 0 Å². The first-order valence-electron chi connectivity index (χ1n) is 11.6. The molecule has 0 saturated carbocycles. The first-order valence-corrected chi connectivity index (χ1v) is 11.6. The van der Waals surface area contributed by atoms with Gasteiger partial charge >= 0.3 is 5.97 Å². The summed E-state index contributed by atoms with van der Waals surface area (Å²) in [7, 11) is 0. The number of ether oxygens (including phenoxy) is 2. The van der Waals surface area contributed by atoms with Gasteiger partial charge in [-0.05, 0) is 38.5 Å². The molecule has 0 aromatic carbocycles. The summed E-state index contributed by atoms with van der Waals surface area (Å²) in [6.07, 6.45) is 22.3. The molecule has 0 aromatic heterocycles. The van der Waals surface area contributed by atoms with E-state index in [1.807, 2.05) is 0 Å². The van der Waals surface area contributed by atoms with E-state index in [-0.39, 0.29) is 13.2 Å². The van der Waals surface area contributed by atoms with Crippen LogP contribution in [0.1, 0.15) is 84.0 Å². The van der Waals surface area contributed by atoms with Crippen LogP contribution in [0.15, 0.2) is 24.3 Å². The van der Waals surface area contributed by atoms with Crippen LogP contribution in [0.5, 0.6) is 0 Å². The molecule has 0 atom stereocenters. The molecule has 30 heavy (non-hydrogen) atoms. The molecule has 178 valence electrons. The molecule has 0 rings (SSSR count). The summed E-state index contributed by atoms with van der Waals surface area (Å²) in [6.45, 7) is 3.96. The summed E-state index contributed by atoms with van der Waals surface area (Å²) >= 11 is 0. The van der Waals surface area contributed by atoms with E-state index in [4.69, 9.17) is 24.8 Å². The van der Waals surface area contributed by atoms with Crippen LogP contribution >= 0.6 is 0 Å². The number of carbonyl (C=O) groups is 1. The van der Waals surface area contributed by atoms with Crippen molar-refractivity contribution in [2.45, 2.75) is 84.0 Å². The molecule has 0 aliphatic carbocycles. The molecule has 0 saturated heterocycles. The fourth-order valence-electron chi connectivity index (χ4n) is 2.54. The maximum absolute atomic E-state index is 10.3. The van der Waals surface area contributed by atoms with Crippen molar-refractivity contribution in [2.24, 2.45) is 0 Å². The third-order valence-electron chi connectivity index (χ3n) is 4.18. The van der Waals surface area contributed by atoms with Crippen LogP contribution in [-0.4, -0.2) is 60.9 Å². The monoisotopic (exact) mass is 430 g/mol. The number of unbranched alkanes of at least 4 members (excludes halogenated alkanes) is 8. The van der Waals surface area contributed by atoms with Crippen molar-refractivity contribution in [3.63, 3.8) is 0 Å². The van der Waals surface area contributed by atoms with Crippen molar-refractivity contribution >= 4 is 5.97 Å². The number of aliphatic hydroxyl groups is 2. The molecule has 0 heterocycles. The highest BCUT2D eigenvalue weighted by Gasteiger charge is 1.95. The van der Waals surface area contributed by atoms with Crippen molar-refractivity contribution in [3.8, 4) is 0 Å². The number of hydrogen-bond acceptors (Lipinski definition) is 5. The predicted molar refractivity (Wildman–Crippen MR) is 123 cm³/mol. The van der Waals surface area contributed by atoms with Crippen molar-refractivity contribution in [2.75, 3.05) is 39.6 Å². The molecule has 6 nitrogen and oxygen atoms in total. The predicted octanol–water partition coefficient (Wildman–Crippen LogP) is 4.89. The summed E-state index contributed by atoms with van der Waals surface area (Å²) in [5.41, 5.74) is 0. The van der Waals surface area contributed by atoms with Gasteiger partial charge in [-0.2, -0.15) is 0 Å². The Morgan fingerprint density at radius 2 is 1.20 bits per heavy atom. The lowest BCUT2D eigenvalue weighted by atomic mass is 10.1. The Balaban J connectivity index is 0. The molecule has 0 spiro atoms. The van der Waals surface area contributed by atoms with Gasteiger partial charge in [0.05, 0.1) is 39.6 Å². The van der Waals surface area contributed by atoms with Gasteiger partial charge in [0.2, 0.25) is 0 Å². The minimum absolute atomic E-state index is 0.0417. The van der Waals surface area contributed by atoms with Gasteiger partial charge in [0.15, 0.2) is 0 Å². The van der Waals surface area contributed by atoms with Crippen molar-refractivity contribution < 1.29 is 29.6 Å². The van der Waals surface area contributed by atoms with Crippen LogP contribution in [-0.2, 0) is 14.3 Å². The SMILES string of the molecule is CCCCC/C=C\C/C=C\CCCCCCCC(=O)O.OCCOCCOCCO. The van der Waals surface area contributed by atoms with Gasteiger partial charge in [-0.25, -0.2) is 0 Å². The Bertz CT molecular complexity index is 374. The molecule has 3 N–H and O–H groups in total. The molecule has 0 bridgehead atoms. The fraction of sp³-hybridized carbons (Fsp3) is 0.792. The third kappa shape index (κ3) is 34.3. The molecule has 0 aliphatic rings. The Morgan fingerprint density at radius 3 is 1.70 bits per heavy atom. The molecular formula is C24H46O6. The Kier molecular flexibility index (Phi) is 31.0. The molecule has 0 amide bonds. The Morgan fingerprint density at radius 1 is 0.700 bits per heavy atom. The number of aliphatic carboxylic acids is 1. The number of rotatable bonds is 21. The highest BCUT2D eigenvalue weighted by molar-refractivity contribution is 5.66. The second-order valence-corrected chi connectivity index (χ2v) is 7.05. The highest BCUT2D eigenvalue weighted by Crippen LogP contribution is 2.08. The molecular weight excluding hydrogens is 384 g/mol. The number of carboxylic acids is 1. The van der Waals surface area contributed by atoms with Gasteiger partial charge in [0.1, 0.15) is 0 Å². The lowest BCUT2D eigenvalue weighted by Crippen LogP contribution is -2.09. The van der Waals surface area contributed by atoms with Crippen molar-refractivity contribution in [3.05, 3.63) is 24.3 Å². The number of carboxylic acid groups (broad SMARTS) is 1. The Labute approximate surface area is 184 Å². The van der Waals surface area contributed by atoms with Crippen molar-refractivity contribution in [1.82, 2.24) is 0 Å². The van der Waals surface area contributed by atoms with Crippen LogP contribution < -0.4 is 0 Å². The zero-order chi connectivity index (χ0) is 22.5. The van der Waals surface area contributed by atoms with E-state index in [9.17, 15) is 4.79 Å². The second kappa shape index (κ2) is 30.0. The summed E-state index contributed by atoms with van der Waals surface area (Å²) < 4.78 is 9.75. The van der Waals surface area contributed by atoms with Gasteiger partial charge < -0.3 is 24.8 Å². The third-order valence-corrected chi connectivity index (χ3v) is 4.18. The van der Waals surface area contributed by atoms with Crippen LogP contribution in [0.25, 0.3) is 0 Å². The lowest BCUT2D eigenvalue weighted by Gasteiger charge is -2.01. The Hall–Kier alpha value is -1.21. The van der Waals surface area contributed by atoms with Crippen LogP contribution in [0.3, 0.4) is 0 Å². The van der Waals surface area contributed by atoms with E-state index in [1.165, 1.54) is 44.9 Å². The van der Waals surface area contributed by atoms with E-state index in [0.29, 0.717) is 32.8 Å². The zero-order valence-corrected chi connectivity index (χ0v) is 19.1. The number of allylic oxidation sites excluding steroid dienone is 4. The largest absolute Gasteiger partial charge is 0.481 e. The van der Waals surface area contributed by atoms with E-state index in [0.717, 1.165) is 25.7 Å². The zero-order valence-electron chi connectivity index (χ0n) is 19.1. The molecule has 6 heteroatoms. The number of hydrogen-bond donors (Lipinski definition) is 3. The summed E-state index contributed by atoms with van der Waals surface area (Å²) in [5, 5.41) is 25.0. The quantitative estimate of drug-likeness (QED) is 0.177. The second-order valence-electron chi connectivity index (χ2n) is 7.05. The molecule has 0 fully saturated rings. The minimum atomic E-state index is -0.671. The van der Waals surface area contributed by atoms with Crippen molar-refractivity contribution in [1.29, 1.82) is 0 Å². The minimum Gasteiger partial charge on any atom is -0.481 e. The molecule has 0 radical (unpaired) electrons. The van der Waals surface area contributed by atoms with Crippen LogP contribution in [0.4, 0.5) is 0 Å². The summed E-state index contributed by atoms with van der Waals surface area (Å²) in [6, 6.07) is 0. The standard InChI is InChI=1S/C18H32O2.C6H14O4/c1-2-3-4-5-6-7-8-9-10-11-12-13-14-15-16-17-18(19)20;7-1-3-9-5-6-10-4-2-8/h6-7,9-10H,2-5,8,11-17H2,1H3,(H,19,20);7-8H,1-6H2/b7-6-,10-9-;. The average Bonchev–Trinajstić information content (AvgIpc) is 2.74. The van der Waals surface area contributed by atoms with E-state index >= 15 is 0 Å². The first kappa shape index (κ1) is 31.0. The normalized spacial score (nSPS) is 11.2. The lowest BCUT2D eigenvalue weighted by molar-refractivity contribution is -0.137. The molecule has 0 unspecified atom stereocenters. The van der Waals surface area contributed by atoms with E-state index in [2.05, 4.69) is 31.2 Å². The van der Waals surface area contributed by atoms with Gasteiger partial charge in [-0.15, -0.1) is 0 Å². The topological polar surface area (TPSA) is 96.2 Å². The van der Waals surface area contributed by atoms with Crippen LogP contribution in [0.2, 0.25) is 0 Å². The maximum atomic E-state index is 10.3. The maximum Gasteiger partial charge on any atom is 0.303 e. The average molecular weight is 431 g/mol. The molecule has 0 aromatic rings. The van der Waals surface area contributed by atoms with E-state index in [1.54, 1.807) is 0 Å². The van der Waals surface area contributed by atoms with Gasteiger partial charge in [-0.1, -0.05) is 63.3 Å². The highest BCUT2D eigenvalue weighted by atomic mass is 16.5. The molecule has 0 aliphatic heterocycles. The number of aliphatic hydroxyl groups excluding tert-OH is 2. The van der Waals surface area contributed by atoms with Gasteiger partial charge in [0, 0.05) is 6.42 Å². The first-order chi connectivity index (χ1) is 14.7.